The molecule has 0 atom stereocenters. The highest BCUT2D eigenvalue weighted by Gasteiger charge is 2.06. The van der Waals surface area contributed by atoms with Crippen molar-refractivity contribution in [2.45, 2.75) is 13.8 Å². The Hall–Kier alpha value is -1.71. The second kappa shape index (κ2) is 3.80. The fourth-order valence-corrected chi connectivity index (χ4v) is 0.959. The molecule has 2 N–H and O–H groups in total. The van der Waals surface area contributed by atoms with E-state index in [1.165, 1.54) is 6.92 Å². The Morgan fingerprint density at radius 2 is 2.31 bits per heavy atom. The Labute approximate surface area is 76.5 Å². The number of nitrogen functional groups attached to an aromatic ring is 1. The van der Waals surface area contributed by atoms with Gasteiger partial charge in [-0.25, -0.2) is 9.98 Å². The Morgan fingerprint density at radius 3 is 2.85 bits per heavy atom. The monoisotopic (exact) mass is 177 g/mol. The van der Waals surface area contributed by atoms with Crippen LogP contribution < -0.4 is 5.73 Å². The van der Waals surface area contributed by atoms with E-state index < -0.39 is 0 Å². The van der Waals surface area contributed by atoms with Gasteiger partial charge in [0.1, 0.15) is 5.82 Å². The fraction of sp³-hybridized carbons (Fsp3) is 0.222. The number of rotatable bonds is 2. The Kier molecular flexibility index (Phi) is 2.74. The van der Waals surface area contributed by atoms with Gasteiger partial charge >= 0.3 is 0 Å². The lowest BCUT2D eigenvalue weighted by molar-refractivity contribution is 0.101. The van der Waals surface area contributed by atoms with Crippen molar-refractivity contribution in [3.63, 3.8) is 0 Å². The number of ketones is 1. The van der Waals surface area contributed by atoms with E-state index in [0.29, 0.717) is 17.2 Å². The van der Waals surface area contributed by atoms with Crippen LogP contribution in [0.4, 0.5) is 11.6 Å². The zero-order chi connectivity index (χ0) is 9.84. The van der Waals surface area contributed by atoms with E-state index in [1.807, 2.05) is 0 Å². The van der Waals surface area contributed by atoms with Gasteiger partial charge in [0, 0.05) is 6.21 Å². The summed E-state index contributed by atoms with van der Waals surface area (Å²) in [6.45, 7) is 3.23. The van der Waals surface area contributed by atoms with Crippen molar-refractivity contribution in [3.8, 4) is 0 Å². The highest BCUT2D eigenvalue weighted by atomic mass is 16.1. The number of aliphatic imine (C=N–C) groups is 1. The molecule has 1 aromatic heterocycles. The first kappa shape index (κ1) is 9.38. The van der Waals surface area contributed by atoms with Gasteiger partial charge in [-0.1, -0.05) is 0 Å². The molecule has 0 saturated carbocycles. The van der Waals surface area contributed by atoms with Crippen molar-refractivity contribution in [2.24, 2.45) is 4.99 Å². The summed E-state index contributed by atoms with van der Waals surface area (Å²) in [7, 11) is 0. The Balaban J connectivity index is 3.26. The van der Waals surface area contributed by atoms with Crippen LogP contribution >= 0.6 is 0 Å². The summed E-state index contributed by atoms with van der Waals surface area (Å²) in [5, 5.41) is 0. The van der Waals surface area contributed by atoms with Gasteiger partial charge in [0.2, 0.25) is 0 Å². The van der Waals surface area contributed by atoms with Crippen LogP contribution in [0.1, 0.15) is 24.2 Å². The number of hydrogen-bond acceptors (Lipinski definition) is 4. The molecule has 0 aliphatic carbocycles. The minimum absolute atomic E-state index is 0.0619. The van der Waals surface area contributed by atoms with Crippen LogP contribution in [0.5, 0.6) is 0 Å². The zero-order valence-electron chi connectivity index (χ0n) is 7.61. The molecule has 0 amide bonds. The molecule has 0 aliphatic rings. The molecule has 0 radical (unpaired) electrons. The minimum Gasteiger partial charge on any atom is -0.384 e. The summed E-state index contributed by atoms with van der Waals surface area (Å²) in [5.74, 6) is 0.689. The first-order valence-electron chi connectivity index (χ1n) is 3.91. The fourth-order valence-electron chi connectivity index (χ4n) is 0.959. The maximum atomic E-state index is 11.1. The predicted molar refractivity (Wildman–Crippen MR) is 52.5 cm³/mol. The molecule has 1 heterocycles. The van der Waals surface area contributed by atoms with Gasteiger partial charge in [-0.05, 0) is 26.0 Å². The van der Waals surface area contributed by atoms with Crippen LogP contribution in [0, 0.1) is 0 Å². The predicted octanol–water partition coefficient (Wildman–Crippen LogP) is 1.59. The first-order valence-corrected chi connectivity index (χ1v) is 3.91. The highest BCUT2D eigenvalue weighted by molar-refractivity contribution is 5.98. The second-order valence-electron chi connectivity index (χ2n) is 2.55. The van der Waals surface area contributed by atoms with Crippen molar-refractivity contribution in [3.05, 3.63) is 17.7 Å². The van der Waals surface area contributed by atoms with E-state index in [9.17, 15) is 4.79 Å². The van der Waals surface area contributed by atoms with E-state index >= 15 is 0 Å². The number of anilines is 1. The van der Waals surface area contributed by atoms with Crippen LogP contribution in [0.3, 0.4) is 0 Å². The van der Waals surface area contributed by atoms with Gasteiger partial charge in [0.15, 0.2) is 11.6 Å². The Morgan fingerprint density at radius 1 is 1.62 bits per heavy atom. The maximum absolute atomic E-state index is 11.1. The molecule has 4 heteroatoms. The normalized spacial score (nSPS) is 10.6. The van der Waals surface area contributed by atoms with Crippen LogP contribution in [0.2, 0.25) is 0 Å². The summed E-state index contributed by atoms with van der Waals surface area (Å²) in [4.78, 5) is 19.0. The van der Waals surface area contributed by atoms with E-state index in [-0.39, 0.29) is 5.78 Å². The number of Topliss-reactive ketones (excluding diaryl/α,β-unsaturated/α-hetero) is 1. The van der Waals surface area contributed by atoms with Crippen LogP contribution in [-0.2, 0) is 0 Å². The summed E-state index contributed by atoms with van der Waals surface area (Å²) in [6.07, 6.45) is 1.58. The average molecular weight is 177 g/mol. The molecule has 1 rings (SSSR count). The van der Waals surface area contributed by atoms with Gasteiger partial charge < -0.3 is 5.73 Å². The zero-order valence-corrected chi connectivity index (χ0v) is 7.61. The van der Waals surface area contributed by atoms with Crippen molar-refractivity contribution in [1.29, 1.82) is 0 Å². The second-order valence-corrected chi connectivity index (χ2v) is 2.55. The van der Waals surface area contributed by atoms with Crippen molar-refractivity contribution >= 4 is 23.6 Å². The van der Waals surface area contributed by atoms with E-state index in [1.54, 1.807) is 25.3 Å². The van der Waals surface area contributed by atoms with Crippen LogP contribution in [-0.4, -0.2) is 17.0 Å². The lowest BCUT2D eigenvalue weighted by atomic mass is 10.2. The summed E-state index contributed by atoms with van der Waals surface area (Å²) in [6, 6.07) is 3.22. The average Bonchev–Trinajstić information content (AvgIpc) is 2.04. The third-order valence-corrected chi connectivity index (χ3v) is 1.53. The number of aromatic nitrogens is 1. The van der Waals surface area contributed by atoms with Crippen molar-refractivity contribution in [1.82, 2.24) is 4.98 Å². The molecule has 68 valence electrons. The molecule has 0 spiro atoms. The third-order valence-electron chi connectivity index (χ3n) is 1.53. The van der Waals surface area contributed by atoms with E-state index in [0.717, 1.165) is 0 Å². The number of carbonyl (C=O) groups is 1. The smallest absolute Gasteiger partial charge is 0.164 e. The quantitative estimate of drug-likeness (QED) is 0.551. The molecule has 0 aliphatic heterocycles. The van der Waals surface area contributed by atoms with Gasteiger partial charge in [0.25, 0.3) is 0 Å². The molecular weight excluding hydrogens is 166 g/mol. The molecule has 0 unspecified atom stereocenters. The molecule has 0 bridgehead atoms. The largest absolute Gasteiger partial charge is 0.384 e. The minimum atomic E-state index is -0.0619. The van der Waals surface area contributed by atoms with E-state index in [4.69, 9.17) is 5.73 Å². The first-order chi connectivity index (χ1) is 6.15. The molecule has 0 fully saturated rings. The van der Waals surface area contributed by atoms with Gasteiger partial charge in [-0.3, -0.25) is 4.79 Å². The van der Waals surface area contributed by atoms with Crippen LogP contribution in [0.15, 0.2) is 17.1 Å². The Bertz CT molecular complexity index is 358. The van der Waals surface area contributed by atoms with Gasteiger partial charge in [-0.15, -0.1) is 0 Å². The standard InChI is InChI=1S/C9H11N3O/c1-3-11-9-7(6(2)13)4-5-8(10)12-9/h3-5H,1-2H3,(H2,10,12)/b11-3-. The maximum Gasteiger partial charge on any atom is 0.164 e. The molecule has 13 heavy (non-hydrogen) atoms. The van der Waals surface area contributed by atoms with Crippen molar-refractivity contribution in [2.75, 3.05) is 5.73 Å². The molecule has 0 aromatic carbocycles. The van der Waals surface area contributed by atoms with Crippen LogP contribution in [0.25, 0.3) is 0 Å². The van der Waals surface area contributed by atoms with E-state index in [2.05, 4.69) is 9.98 Å². The lowest BCUT2D eigenvalue weighted by Crippen LogP contribution is -1.97. The summed E-state index contributed by atoms with van der Waals surface area (Å²) >= 11 is 0. The topological polar surface area (TPSA) is 68.3 Å². The summed E-state index contributed by atoms with van der Waals surface area (Å²) in [5.41, 5.74) is 5.95. The number of hydrogen-bond donors (Lipinski definition) is 1. The third kappa shape index (κ3) is 2.11. The highest BCUT2D eigenvalue weighted by Crippen LogP contribution is 2.17. The number of pyridine rings is 1. The molecule has 4 nitrogen and oxygen atoms in total. The lowest BCUT2D eigenvalue weighted by Gasteiger charge is -2.00. The van der Waals surface area contributed by atoms with Gasteiger partial charge in [-0.2, -0.15) is 0 Å². The molecular formula is C9H11N3O. The molecule has 1 aromatic rings. The number of nitrogens with two attached hydrogens (primary N) is 1. The SMILES string of the molecule is C/C=N\c1nc(N)ccc1C(C)=O. The number of carbonyl (C=O) groups excluding carboxylic acids is 1. The summed E-state index contributed by atoms with van der Waals surface area (Å²) < 4.78 is 0. The number of nitrogens with zero attached hydrogens (tertiary/aromatic N) is 2. The van der Waals surface area contributed by atoms with Crippen molar-refractivity contribution < 1.29 is 4.79 Å². The molecule has 0 saturated heterocycles. The van der Waals surface area contributed by atoms with Gasteiger partial charge in [0.05, 0.1) is 5.56 Å².